The normalized spacial score (nSPS) is 18.5. The maximum absolute atomic E-state index is 13.5. The number of aliphatic hydroxyl groups is 1. The van der Waals surface area contributed by atoms with Gasteiger partial charge >= 0.3 is 0 Å². The largest absolute Gasteiger partial charge is 0.490 e. The van der Waals surface area contributed by atoms with Gasteiger partial charge in [-0.3, -0.25) is 0 Å². The van der Waals surface area contributed by atoms with E-state index in [1.54, 1.807) is 12.1 Å². The van der Waals surface area contributed by atoms with E-state index in [-0.39, 0.29) is 11.9 Å². The summed E-state index contributed by atoms with van der Waals surface area (Å²) in [6.07, 6.45) is 0.172. The average molecular weight is 337 g/mol. The van der Waals surface area contributed by atoms with Gasteiger partial charge in [-0.15, -0.1) is 0 Å². The molecule has 104 valence electrons. The molecule has 1 aliphatic heterocycles. The Morgan fingerprint density at radius 1 is 1.25 bits per heavy atom. The summed E-state index contributed by atoms with van der Waals surface area (Å²) in [7, 11) is 0. The Bertz CT molecular complexity index is 657. The topological polar surface area (TPSA) is 29.5 Å². The third kappa shape index (κ3) is 2.45. The molecule has 2 nitrogen and oxygen atoms in total. The number of ether oxygens (including phenoxy) is 1. The lowest BCUT2D eigenvalue weighted by Gasteiger charge is -2.13. The fourth-order valence-corrected chi connectivity index (χ4v) is 2.73. The van der Waals surface area contributed by atoms with E-state index in [1.807, 2.05) is 25.1 Å². The fraction of sp³-hybridized carbons (Fsp3) is 0.250. The summed E-state index contributed by atoms with van der Waals surface area (Å²) in [6.45, 7) is 2.01. The Morgan fingerprint density at radius 2 is 1.95 bits per heavy atom. The summed E-state index contributed by atoms with van der Waals surface area (Å²) in [5, 5.41) is 10.4. The van der Waals surface area contributed by atoms with Crippen LogP contribution in [0, 0.1) is 5.82 Å². The van der Waals surface area contributed by atoms with E-state index in [2.05, 4.69) is 15.9 Å². The van der Waals surface area contributed by atoms with Crippen LogP contribution in [0.2, 0.25) is 0 Å². The number of rotatable bonds is 2. The molecule has 2 atom stereocenters. The van der Waals surface area contributed by atoms with Gasteiger partial charge in [0.15, 0.2) is 0 Å². The van der Waals surface area contributed by atoms with Crippen molar-refractivity contribution in [1.82, 2.24) is 0 Å². The predicted molar refractivity (Wildman–Crippen MR) is 78.4 cm³/mol. The molecule has 0 spiro atoms. The van der Waals surface area contributed by atoms with Crippen LogP contribution in [-0.2, 0) is 6.42 Å². The molecule has 3 rings (SSSR count). The van der Waals surface area contributed by atoms with Crippen LogP contribution in [0.25, 0.3) is 0 Å². The number of halogens is 2. The van der Waals surface area contributed by atoms with Gasteiger partial charge in [-0.1, -0.05) is 12.1 Å². The highest BCUT2D eigenvalue weighted by Gasteiger charge is 2.21. The predicted octanol–water partition coefficient (Wildman–Crippen LogP) is 3.99. The van der Waals surface area contributed by atoms with Crippen molar-refractivity contribution < 1.29 is 14.2 Å². The van der Waals surface area contributed by atoms with Crippen LogP contribution in [0.3, 0.4) is 0 Å². The SMILES string of the molecule is CC1Cc2cc(C(O)c3ccc(Br)c(F)c3)ccc2O1. The van der Waals surface area contributed by atoms with E-state index in [1.165, 1.54) is 6.07 Å². The molecule has 0 bridgehead atoms. The first kappa shape index (κ1) is 13.6. The number of aliphatic hydroxyl groups excluding tert-OH is 1. The van der Waals surface area contributed by atoms with E-state index < -0.39 is 6.10 Å². The number of hydrogen-bond donors (Lipinski definition) is 1. The summed E-state index contributed by atoms with van der Waals surface area (Å²) in [6, 6.07) is 10.3. The standard InChI is InChI=1S/C16H14BrFO2/c1-9-6-12-7-10(3-5-15(12)20-9)16(19)11-2-4-13(17)14(18)8-11/h2-5,7-9,16,19H,6H2,1H3. The highest BCUT2D eigenvalue weighted by molar-refractivity contribution is 9.10. The summed E-state index contributed by atoms with van der Waals surface area (Å²) < 4.78 is 19.6. The Labute approximate surface area is 125 Å². The molecule has 4 heteroatoms. The zero-order valence-electron chi connectivity index (χ0n) is 10.9. The maximum Gasteiger partial charge on any atom is 0.137 e. The molecule has 0 amide bonds. The molecule has 20 heavy (non-hydrogen) atoms. The summed E-state index contributed by atoms with van der Waals surface area (Å²) in [4.78, 5) is 0. The highest BCUT2D eigenvalue weighted by atomic mass is 79.9. The number of hydrogen-bond acceptors (Lipinski definition) is 2. The lowest BCUT2D eigenvalue weighted by molar-refractivity contribution is 0.219. The van der Waals surface area contributed by atoms with Gasteiger partial charge in [0.25, 0.3) is 0 Å². The molecular formula is C16H14BrFO2. The van der Waals surface area contributed by atoms with Gasteiger partial charge in [0, 0.05) is 6.42 Å². The monoisotopic (exact) mass is 336 g/mol. The van der Waals surface area contributed by atoms with Gasteiger partial charge in [-0.2, -0.15) is 0 Å². The van der Waals surface area contributed by atoms with Gasteiger partial charge in [0.05, 0.1) is 4.47 Å². The third-order valence-electron chi connectivity index (χ3n) is 3.50. The molecule has 0 aliphatic carbocycles. The van der Waals surface area contributed by atoms with Crippen LogP contribution in [0.5, 0.6) is 5.75 Å². The van der Waals surface area contributed by atoms with Crippen molar-refractivity contribution in [1.29, 1.82) is 0 Å². The first-order valence-corrected chi connectivity index (χ1v) is 7.26. The molecule has 1 aliphatic rings. The van der Waals surface area contributed by atoms with Gasteiger partial charge in [-0.25, -0.2) is 4.39 Å². The molecule has 1 heterocycles. The molecule has 2 unspecified atom stereocenters. The lowest BCUT2D eigenvalue weighted by Crippen LogP contribution is -2.05. The molecule has 1 N–H and O–H groups in total. The maximum atomic E-state index is 13.5. The molecule has 2 aromatic rings. The van der Waals surface area contributed by atoms with E-state index in [0.29, 0.717) is 10.0 Å². The average Bonchev–Trinajstić information content (AvgIpc) is 2.80. The molecule has 0 saturated heterocycles. The molecule has 0 aromatic heterocycles. The van der Waals surface area contributed by atoms with E-state index >= 15 is 0 Å². The van der Waals surface area contributed by atoms with Gasteiger partial charge in [-0.05, 0) is 63.8 Å². The van der Waals surface area contributed by atoms with Crippen LogP contribution in [0.15, 0.2) is 40.9 Å². The summed E-state index contributed by atoms with van der Waals surface area (Å²) in [5.74, 6) is 0.495. The van der Waals surface area contributed by atoms with Gasteiger partial charge in [0.1, 0.15) is 23.8 Å². The smallest absolute Gasteiger partial charge is 0.137 e. The molecule has 2 aromatic carbocycles. The minimum atomic E-state index is -0.834. The Balaban J connectivity index is 1.93. The fourth-order valence-electron chi connectivity index (χ4n) is 2.49. The van der Waals surface area contributed by atoms with Crippen LogP contribution in [0.1, 0.15) is 29.7 Å². The van der Waals surface area contributed by atoms with Crippen molar-refractivity contribution in [2.45, 2.75) is 25.6 Å². The second-order valence-corrected chi connectivity index (χ2v) is 5.93. The lowest BCUT2D eigenvalue weighted by atomic mass is 9.98. The zero-order chi connectivity index (χ0) is 14.3. The number of benzene rings is 2. The van der Waals surface area contributed by atoms with Crippen molar-refractivity contribution >= 4 is 15.9 Å². The van der Waals surface area contributed by atoms with Crippen LogP contribution in [0.4, 0.5) is 4.39 Å². The van der Waals surface area contributed by atoms with Crippen molar-refractivity contribution in [3.05, 3.63) is 63.4 Å². The second kappa shape index (κ2) is 5.19. The van der Waals surface area contributed by atoms with Crippen LogP contribution >= 0.6 is 15.9 Å². The van der Waals surface area contributed by atoms with Crippen molar-refractivity contribution in [3.8, 4) is 5.75 Å². The van der Waals surface area contributed by atoms with E-state index in [0.717, 1.165) is 23.3 Å². The minimum Gasteiger partial charge on any atom is -0.490 e. The second-order valence-electron chi connectivity index (χ2n) is 5.08. The highest BCUT2D eigenvalue weighted by Crippen LogP contribution is 2.33. The first-order valence-electron chi connectivity index (χ1n) is 6.47. The zero-order valence-corrected chi connectivity index (χ0v) is 12.5. The Kier molecular flexibility index (Phi) is 3.52. The molecule has 0 radical (unpaired) electrons. The van der Waals surface area contributed by atoms with E-state index in [9.17, 15) is 9.50 Å². The Hall–Kier alpha value is -1.39. The Morgan fingerprint density at radius 3 is 2.70 bits per heavy atom. The quantitative estimate of drug-likeness (QED) is 0.898. The first-order chi connectivity index (χ1) is 9.54. The van der Waals surface area contributed by atoms with Crippen molar-refractivity contribution in [2.24, 2.45) is 0 Å². The molecule has 0 saturated carbocycles. The van der Waals surface area contributed by atoms with Crippen molar-refractivity contribution in [2.75, 3.05) is 0 Å². The minimum absolute atomic E-state index is 0.169. The van der Waals surface area contributed by atoms with Gasteiger partial charge < -0.3 is 9.84 Å². The summed E-state index contributed by atoms with van der Waals surface area (Å²) in [5.41, 5.74) is 2.38. The molecular weight excluding hydrogens is 323 g/mol. The van der Waals surface area contributed by atoms with Gasteiger partial charge in [0.2, 0.25) is 0 Å². The summed E-state index contributed by atoms with van der Waals surface area (Å²) >= 11 is 3.11. The molecule has 0 fully saturated rings. The van der Waals surface area contributed by atoms with Crippen LogP contribution in [-0.4, -0.2) is 11.2 Å². The van der Waals surface area contributed by atoms with Crippen LogP contribution < -0.4 is 4.74 Å². The van der Waals surface area contributed by atoms with E-state index in [4.69, 9.17) is 4.74 Å². The van der Waals surface area contributed by atoms with Crippen molar-refractivity contribution in [3.63, 3.8) is 0 Å². The number of fused-ring (bicyclic) bond motifs is 1. The third-order valence-corrected chi connectivity index (χ3v) is 4.14.